The van der Waals surface area contributed by atoms with Crippen LogP contribution in [0.3, 0.4) is 0 Å². The number of methoxy groups -OCH3 is 3. The van der Waals surface area contributed by atoms with Gasteiger partial charge in [-0.15, -0.1) is 0 Å². The third-order valence-corrected chi connectivity index (χ3v) is 5.38. The number of rotatable bonds is 36. The first-order valence-corrected chi connectivity index (χ1v) is 14.7. The molecule has 0 N–H and O–H groups in total. The molecule has 14 heteroatoms. The lowest BCUT2D eigenvalue weighted by atomic mass is 10.3. The van der Waals surface area contributed by atoms with E-state index in [1.165, 1.54) is 0 Å². The van der Waals surface area contributed by atoms with Crippen molar-refractivity contribution >= 4 is 5.97 Å². The van der Waals surface area contributed by atoms with Crippen molar-refractivity contribution in [1.82, 2.24) is 4.90 Å². The quantitative estimate of drug-likeness (QED) is 0.0707. The molecule has 0 aliphatic carbocycles. The van der Waals surface area contributed by atoms with Crippen molar-refractivity contribution in [2.24, 2.45) is 0 Å². The number of nitrogens with zero attached hydrogens (tertiary/aromatic N) is 1. The van der Waals surface area contributed by atoms with Crippen molar-refractivity contribution in [2.45, 2.75) is 6.42 Å². The van der Waals surface area contributed by atoms with Gasteiger partial charge in [-0.05, 0) is 0 Å². The molecule has 14 nitrogen and oxygen atoms in total. The topological polar surface area (TPSA) is 131 Å². The molecule has 0 aromatic carbocycles. The minimum absolute atomic E-state index is 0.222. The highest BCUT2D eigenvalue weighted by atomic mass is 16.6. The third-order valence-electron chi connectivity index (χ3n) is 5.38. The summed E-state index contributed by atoms with van der Waals surface area (Å²) in [6.45, 7) is 12.0. The van der Waals surface area contributed by atoms with Crippen molar-refractivity contribution in [3.8, 4) is 0 Å². The molecule has 42 heavy (non-hydrogen) atoms. The molecule has 0 heterocycles. The van der Waals surface area contributed by atoms with Crippen LogP contribution in [0.5, 0.6) is 0 Å². The van der Waals surface area contributed by atoms with E-state index in [2.05, 4.69) is 4.90 Å². The van der Waals surface area contributed by atoms with Gasteiger partial charge in [-0.25, -0.2) is 0 Å². The van der Waals surface area contributed by atoms with Gasteiger partial charge in [-0.2, -0.15) is 0 Å². The molecule has 252 valence electrons. The lowest BCUT2D eigenvalue weighted by Gasteiger charge is -2.20. The van der Waals surface area contributed by atoms with Crippen molar-refractivity contribution in [2.75, 3.05) is 173 Å². The van der Waals surface area contributed by atoms with Crippen LogP contribution in [0.2, 0.25) is 0 Å². The smallest absolute Gasteiger partial charge is 0.307 e. The summed E-state index contributed by atoms with van der Waals surface area (Å²) in [5.74, 6) is -0.248. The molecule has 0 unspecified atom stereocenters. The summed E-state index contributed by atoms with van der Waals surface area (Å²) in [5, 5.41) is 0. The fourth-order valence-electron chi connectivity index (χ4n) is 3.10. The molecule has 0 aromatic heterocycles. The molecular formula is C28H57NO13. The lowest BCUT2D eigenvalue weighted by Crippen LogP contribution is -2.33. The number of hydrogen-bond donors (Lipinski definition) is 0. The second-order valence-corrected chi connectivity index (χ2v) is 8.69. The monoisotopic (exact) mass is 615 g/mol. The fourth-order valence-corrected chi connectivity index (χ4v) is 3.10. The first kappa shape index (κ1) is 41.0. The van der Waals surface area contributed by atoms with Crippen LogP contribution in [0.15, 0.2) is 0 Å². The molecule has 0 radical (unpaired) electrons. The maximum absolute atomic E-state index is 11.9. The average Bonchev–Trinajstić information content (AvgIpc) is 3.00. The first-order valence-electron chi connectivity index (χ1n) is 14.7. The lowest BCUT2D eigenvalue weighted by molar-refractivity contribution is -0.145. The van der Waals surface area contributed by atoms with E-state index in [0.717, 1.165) is 13.1 Å². The fraction of sp³-hybridized carbons (Fsp3) is 0.964. The Labute approximate surface area is 252 Å². The minimum atomic E-state index is -0.248. The molecular weight excluding hydrogens is 558 g/mol. The Morgan fingerprint density at radius 2 is 0.667 bits per heavy atom. The van der Waals surface area contributed by atoms with Crippen LogP contribution < -0.4 is 0 Å². The van der Waals surface area contributed by atoms with Crippen LogP contribution in [0.1, 0.15) is 6.42 Å². The SMILES string of the molecule is COCCOCCOCCOCCOCCOCCOCCOCCOCCOC(=O)CCN(CCOC)CCOC. The van der Waals surface area contributed by atoms with E-state index in [-0.39, 0.29) is 12.6 Å². The van der Waals surface area contributed by atoms with E-state index in [1.807, 2.05) is 0 Å². The zero-order chi connectivity index (χ0) is 30.6. The Bertz CT molecular complexity index is 526. The van der Waals surface area contributed by atoms with Gasteiger partial charge in [0.25, 0.3) is 0 Å². The average molecular weight is 616 g/mol. The van der Waals surface area contributed by atoms with Gasteiger partial charge in [-0.1, -0.05) is 0 Å². The van der Waals surface area contributed by atoms with Crippen molar-refractivity contribution in [1.29, 1.82) is 0 Å². The first-order chi connectivity index (χ1) is 20.7. The molecule has 0 fully saturated rings. The van der Waals surface area contributed by atoms with Crippen molar-refractivity contribution in [3.63, 3.8) is 0 Å². The maximum atomic E-state index is 11.9. The highest BCUT2D eigenvalue weighted by molar-refractivity contribution is 5.69. The summed E-state index contributed by atoms with van der Waals surface area (Å²) < 4.78 is 63.6. The highest BCUT2D eigenvalue weighted by Gasteiger charge is 2.09. The molecule has 0 atom stereocenters. The van der Waals surface area contributed by atoms with Crippen LogP contribution in [0.4, 0.5) is 0 Å². The standard InChI is InChI=1S/C28H57NO13/c1-31-8-6-29(7-9-32-2)5-4-28(30)42-27-26-41-25-24-40-23-22-39-21-20-38-19-18-37-17-16-36-15-14-35-13-12-34-11-10-33-3/h4-27H2,1-3H3. The number of carbonyl (C=O) groups excluding carboxylic acids is 1. The van der Waals surface area contributed by atoms with E-state index in [4.69, 9.17) is 56.8 Å². The highest BCUT2D eigenvalue weighted by Crippen LogP contribution is 1.95. The molecule has 0 saturated heterocycles. The summed E-state index contributed by atoms with van der Waals surface area (Å²) in [7, 11) is 4.95. The summed E-state index contributed by atoms with van der Waals surface area (Å²) in [4.78, 5) is 14.0. The van der Waals surface area contributed by atoms with E-state index in [0.29, 0.717) is 138 Å². The Morgan fingerprint density at radius 1 is 0.381 bits per heavy atom. The number of esters is 1. The van der Waals surface area contributed by atoms with Gasteiger partial charge in [0.15, 0.2) is 0 Å². The van der Waals surface area contributed by atoms with Gasteiger partial charge in [0.2, 0.25) is 0 Å². The normalized spacial score (nSPS) is 11.5. The van der Waals surface area contributed by atoms with Crippen LogP contribution in [-0.2, 0) is 61.6 Å². The van der Waals surface area contributed by atoms with Gasteiger partial charge in [0, 0.05) is 41.0 Å². The Morgan fingerprint density at radius 3 is 0.976 bits per heavy atom. The predicted molar refractivity (Wildman–Crippen MR) is 154 cm³/mol. The van der Waals surface area contributed by atoms with Gasteiger partial charge >= 0.3 is 5.97 Å². The molecule has 0 saturated carbocycles. The second-order valence-electron chi connectivity index (χ2n) is 8.69. The number of ether oxygens (including phenoxy) is 12. The molecule has 0 rings (SSSR count). The van der Waals surface area contributed by atoms with Crippen LogP contribution >= 0.6 is 0 Å². The summed E-state index contributed by atoms with van der Waals surface area (Å²) in [6, 6.07) is 0. The molecule has 0 aromatic rings. The van der Waals surface area contributed by atoms with Gasteiger partial charge in [0.1, 0.15) is 6.61 Å². The van der Waals surface area contributed by atoms with Crippen molar-refractivity contribution in [3.05, 3.63) is 0 Å². The molecule has 0 aliphatic rings. The Balaban J connectivity index is 3.24. The third kappa shape index (κ3) is 33.5. The zero-order valence-electron chi connectivity index (χ0n) is 26.2. The molecule has 0 aliphatic heterocycles. The van der Waals surface area contributed by atoms with E-state index in [1.54, 1.807) is 21.3 Å². The largest absolute Gasteiger partial charge is 0.463 e. The molecule has 0 spiro atoms. The number of hydrogen-bond acceptors (Lipinski definition) is 14. The van der Waals surface area contributed by atoms with Gasteiger partial charge in [0.05, 0.1) is 132 Å². The Kier molecular flexibility index (Phi) is 35.3. The molecule has 0 amide bonds. The summed E-state index contributed by atoms with van der Waals surface area (Å²) >= 11 is 0. The van der Waals surface area contributed by atoms with E-state index >= 15 is 0 Å². The maximum Gasteiger partial charge on any atom is 0.307 e. The Hall–Kier alpha value is -1.01. The summed E-state index contributed by atoms with van der Waals surface area (Å²) in [6.07, 6.45) is 0.315. The van der Waals surface area contributed by atoms with Gasteiger partial charge in [-0.3, -0.25) is 9.69 Å². The predicted octanol–water partition coefficient (Wildman–Crippen LogP) is 0.294. The number of carbonyl (C=O) groups is 1. The van der Waals surface area contributed by atoms with Gasteiger partial charge < -0.3 is 56.8 Å². The van der Waals surface area contributed by atoms with Crippen LogP contribution in [0, 0.1) is 0 Å². The van der Waals surface area contributed by atoms with Crippen LogP contribution in [-0.4, -0.2) is 184 Å². The zero-order valence-corrected chi connectivity index (χ0v) is 26.2. The second kappa shape index (κ2) is 36.2. The molecule has 0 bridgehead atoms. The van der Waals surface area contributed by atoms with E-state index < -0.39 is 0 Å². The van der Waals surface area contributed by atoms with E-state index in [9.17, 15) is 4.79 Å². The summed E-state index contributed by atoms with van der Waals surface area (Å²) in [5.41, 5.74) is 0. The van der Waals surface area contributed by atoms with Crippen LogP contribution in [0.25, 0.3) is 0 Å². The minimum Gasteiger partial charge on any atom is -0.463 e. The van der Waals surface area contributed by atoms with Crippen molar-refractivity contribution < 1.29 is 61.6 Å².